The first kappa shape index (κ1) is 19.9. The van der Waals surface area contributed by atoms with Crippen LogP contribution in [0.25, 0.3) is 0 Å². The molecule has 6 heteroatoms. The molecule has 0 saturated carbocycles. The van der Waals surface area contributed by atoms with E-state index < -0.39 is 0 Å². The second-order valence-electron chi connectivity index (χ2n) is 7.91. The van der Waals surface area contributed by atoms with Crippen molar-refractivity contribution in [2.24, 2.45) is 0 Å². The summed E-state index contributed by atoms with van der Waals surface area (Å²) in [6.07, 6.45) is 3.79. The molecule has 2 aromatic carbocycles. The van der Waals surface area contributed by atoms with Gasteiger partial charge in [0.1, 0.15) is 5.75 Å². The second-order valence-corrected chi connectivity index (χ2v) is 7.91. The predicted octanol–water partition coefficient (Wildman–Crippen LogP) is 2.38. The molecule has 154 valence electrons. The molecule has 0 radical (unpaired) electrons. The fraction of sp³-hybridized carbons (Fsp3) is 0.435. The van der Waals surface area contributed by atoms with Crippen LogP contribution in [0.2, 0.25) is 0 Å². The number of carbonyl (C=O) groups is 1. The molecular weight excluding hydrogens is 364 g/mol. The fourth-order valence-corrected chi connectivity index (χ4v) is 4.25. The average molecular weight is 395 g/mol. The van der Waals surface area contributed by atoms with E-state index in [2.05, 4.69) is 51.4 Å². The highest BCUT2D eigenvalue weighted by molar-refractivity contribution is 5.78. The van der Waals surface area contributed by atoms with Gasteiger partial charge in [-0.05, 0) is 42.5 Å². The van der Waals surface area contributed by atoms with Gasteiger partial charge in [-0.15, -0.1) is 0 Å². The highest BCUT2D eigenvalue weighted by Gasteiger charge is 2.32. The predicted molar refractivity (Wildman–Crippen MR) is 113 cm³/mol. The Labute approximate surface area is 172 Å². The van der Waals surface area contributed by atoms with E-state index in [0.29, 0.717) is 18.6 Å². The van der Waals surface area contributed by atoms with Crippen LogP contribution in [0.4, 0.5) is 0 Å². The van der Waals surface area contributed by atoms with Crippen LogP contribution in [0.15, 0.2) is 54.6 Å². The highest BCUT2D eigenvalue weighted by Crippen LogP contribution is 2.25. The Bertz CT molecular complexity index is 788. The number of hydrogen-bond donors (Lipinski definition) is 3. The van der Waals surface area contributed by atoms with Gasteiger partial charge in [0.15, 0.2) is 0 Å². The SMILES string of the molecule is COc1ccc(CC(=O)NC2CCN(C3CC(c4ccccc4)NN3)CC2)cc1. The van der Waals surface area contributed by atoms with E-state index >= 15 is 0 Å². The zero-order valence-electron chi connectivity index (χ0n) is 16.9. The lowest BCUT2D eigenvalue weighted by Gasteiger charge is -2.35. The third kappa shape index (κ3) is 5.15. The number of ether oxygens (including phenoxy) is 1. The number of amides is 1. The molecule has 2 heterocycles. The molecule has 0 aliphatic carbocycles. The van der Waals surface area contributed by atoms with Gasteiger partial charge in [0.25, 0.3) is 0 Å². The number of hydrogen-bond acceptors (Lipinski definition) is 5. The van der Waals surface area contributed by atoms with Crippen molar-refractivity contribution in [3.63, 3.8) is 0 Å². The maximum atomic E-state index is 12.4. The second kappa shape index (κ2) is 9.39. The maximum absolute atomic E-state index is 12.4. The number of nitrogens with one attached hydrogen (secondary N) is 3. The molecular formula is C23H30N4O2. The van der Waals surface area contributed by atoms with E-state index in [-0.39, 0.29) is 11.9 Å². The summed E-state index contributed by atoms with van der Waals surface area (Å²) < 4.78 is 5.16. The molecule has 6 nitrogen and oxygen atoms in total. The number of rotatable bonds is 6. The lowest BCUT2D eigenvalue weighted by atomic mass is 10.0. The quantitative estimate of drug-likeness (QED) is 0.702. The molecule has 2 unspecified atom stereocenters. The Morgan fingerprint density at radius 2 is 1.79 bits per heavy atom. The molecule has 0 aromatic heterocycles. The van der Waals surface area contributed by atoms with Crippen molar-refractivity contribution < 1.29 is 9.53 Å². The molecule has 1 amide bonds. The molecule has 0 spiro atoms. The van der Waals surface area contributed by atoms with Crippen LogP contribution in [-0.4, -0.2) is 43.2 Å². The van der Waals surface area contributed by atoms with E-state index in [0.717, 1.165) is 43.7 Å². The molecule has 2 atom stereocenters. The van der Waals surface area contributed by atoms with Crippen LogP contribution in [0, 0.1) is 0 Å². The minimum absolute atomic E-state index is 0.0958. The number of likely N-dealkylation sites (tertiary alicyclic amines) is 1. The van der Waals surface area contributed by atoms with E-state index in [9.17, 15) is 4.79 Å². The number of benzene rings is 2. The van der Waals surface area contributed by atoms with Crippen LogP contribution in [0.1, 0.15) is 36.4 Å². The maximum Gasteiger partial charge on any atom is 0.224 e. The van der Waals surface area contributed by atoms with E-state index in [1.807, 2.05) is 24.3 Å². The number of hydrazine groups is 1. The molecule has 2 aliphatic heterocycles. The standard InChI is InChI=1S/C23H30N4O2/c1-29-20-9-7-17(8-10-20)15-23(28)24-19-11-13-27(14-12-19)22-16-21(25-26-22)18-5-3-2-4-6-18/h2-10,19,21-22,25-26H,11-16H2,1H3,(H,24,28). The first-order chi connectivity index (χ1) is 14.2. The zero-order valence-corrected chi connectivity index (χ0v) is 16.9. The summed E-state index contributed by atoms with van der Waals surface area (Å²) in [5, 5.41) is 3.21. The van der Waals surface area contributed by atoms with Gasteiger partial charge >= 0.3 is 0 Å². The summed E-state index contributed by atoms with van der Waals surface area (Å²) in [4.78, 5) is 14.9. The van der Waals surface area contributed by atoms with Gasteiger partial charge in [-0.1, -0.05) is 42.5 Å². The summed E-state index contributed by atoms with van der Waals surface area (Å²) in [5.74, 6) is 0.907. The van der Waals surface area contributed by atoms with Crippen LogP contribution in [0.3, 0.4) is 0 Å². The molecule has 2 saturated heterocycles. The molecule has 2 aliphatic rings. The van der Waals surface area contributed by atoms with Crippen LogP contribution in [-0.2, 0) is 11.2 Å². The van der Waals surface area contributed by atoms with Crippen LogP contribution >= 0.6 is 0 Å². The zero-order chi connectivity index (χ0) is 20.1. The lowest BCUT2D eigenvalue weighted by molar-refractivity contribution is -0.121. The van der Waals surface area contributed by atoms with Gasteiger partial charge in [0.05, 0.1) is 19.7 Å². The fourth-order valence-electron chi connectivity index (χ4n) is 4.25. The minimum atomic E-state index is 0.0958. The number of methoxy groups -OCH3 is 1. The third-order valence-electron chi connectivity index (χ3n) is 5.94. The molecule has 2 fully saturated rings. The van der Waals surface area contributed by atoms with Crippen LogP contribution in [0.5, 0.6) is 5.75 Å². The van der Waals surface area contributed by atoms with Gasteiger partial charge in [-0.3, -0.25) is 9.69 Å². The molecule has 3 N–H and O–H groups in total. The molecule has 0 bridgehead atoms. The summed E-state index contributed by atoms with van der Waals surface area (Å²) >= 11 is 0. The lowest BCUT2D eigenvalue weighted by Crippen LogP contribution is -2.51. The number of nitrogens with zero attached hydrogens (tertiary/aromatic N) is 1. The largest absolute Gasteiger partial charge is 0.497 e. The average Bonchev–Trinajstić information content (AvgIpc) is 3.26. The highest BCUT2D eigenvalue weighted by atomic mass is 16.5. The number of piperidine rings is 1. The summed E-state index contributed by atoms with van der Waals surface area (Å²) in [7, 11) is 1.65. The van der Waals surface area contributed by atoms with Crippen molar-refractivity contribution >= 4 is 5.91 Å². The van der Waals surface area contributed by atoms with Gasteiger partial charge in [0.2, 0.25) is 5.91 Å². The molecule has 29 heavy (non-hydrogen) atoms. The normalized spacial score (nSPS) is 23.1. The van der Waals surface area contributed by atoms with Gasteiger partial charge in [-0.2, -0.15) is 0 Å². The first-order valence-electron chi connectivity index (χ1n) is 10.4. The Hall–Kier alpha value is -2.41. The van der Waals surface area contributed by atoms with Gasteiger partial charge in [0, 0.05) is 25.2 Å². The summed E-state index contributed by atoms with van der Waals surface area (Å²) in [6.45, 7) is 1.99. The Kier molecular flexibility index (Phi) is 6.44. The molecule has 4 rings (SSSR count). The van der Waals surface area contributed by atoms with E-state index in [1.54, 1.807) is 7.11 Å². The van der Waals surface area contributed by atoms with Crippen molar-refractivity contribution in [3.8, 4) is 5.75 Å². The van der Waals surface area contributed by atoms with Gasteiger partial charge < -0.3 is 10.1 Å². The smallest absolute Gasteiger partial charge is 0.224 e. The molecule has 2 aromatic rings. The summed E-state index contributed by atoms with van der Waals surface area (Å²) in [5.41, 5.74) is 9.21. The first-order valence-corrected chi connectivity index (χ1v) is 10.4. The van der Waals surface area contributed by atoms with Crippen LogP contribution < -0.4 is 20.9 Å². The Morgan fingerprint density at radius 1 is 1.07 bits per heavy atom. The Balaban J connectivity index is 1.21. The van der Waals surface area contributed by atoms with Crippen molar-refractivity contribution in [2.45, 2.75) is 43.9 Å². The van der Waals surface area contributed by atoms with E-state index in [4.69, 9.17) is 4.74 Å². The van der Waals surface area contributed by atoms with Crippen molar-refractivity contribution in [3.05, 3.63) is 65.7 Å². The Morgan fingerprint density at radius 3 is 2.48 bits per heavy atom. The van der Waals surface area contributed by atoms with Crippen molar-refractivity contribution in [2.75, 3.05) is 20.2 Å². The monoisotopic (exact) mass is 394 g/mol. The topological polar surface area (TPSA) is 65.6 Å². The van der Waals surface area contributed by atoms with Crippen molar-refractivity contribution in [1.82, 2.24) is 21.1 Å². The van der Waals surface area contributed by atoms with Crippen molar-refractivity contribution in [1.29, 1.82) is 0 Å². The number of carbonyl (C=O) groups excluding carboxylic acids is 1. The van der Waals surface area contributed by atoms with E-state index in [1.165, 1.54) is 5.56 Å². The van der Waals surface area contributed by atoms with Gasteiger partial charge in [-0.25, -0.2) is 10.9 Å². The minimum Gasteiger partial charge on any atom is -0.497 e. The summed E-state index contributed by atoms with van der Waals surface area (Å²) in [6, 6.07) is 18.9. The third-order valence-corrected chi connectivity index (χ3v) is 5.94.